The first-order valence-corrected chi connectivity index (χ1v) is 10.3. The Bertz CT molecular complexity index is 742. The maximum atomic E-state index is 12.4. The minimum atomic E-state index is -0.763. The Balaban J connectivity index is 1.56. The van der Waals surface area contributed by atoms with Crippen molar-refractivity contribution in [2.24, 2.45) is 11.3 Å². The normalized spacial score (nSPS) is 19.4. The number of hydroxylamine groups is 2. The van der Waals surface area contributed by atoms with Crippen molar-refractivity contribution in [3.63, 3.8) is 0 Å². The molecule has 0 spiro atoms. The number of ether oxygens (including phenoxy) is 1. The van der Waals surface area contributed by atoms with Gasteiger partial charge >= 0.3 is 5.97 Å². The van der Waals surface area contributed by atoms with E-state index in [9.17, 15) is 28.8 Å². The number of rotatable bonds is 10. The van der Waals surface area contributed by atoms with Crippen LogP contribution in [0.4, 0.5) is 0 Å². The summed E-state index contributed by atoms with van der Waals surface area (Å²) in [6.07, 6.45) is 0.0666. The number of carbonyl (C=O) groups excluding carboxylic acids is 6. The first-order valence-electron chi connectivity index (χ1n) is 10.3. The lowest BCUT2D eigenvalue weighted by Crippen LogP contribution is -2.37. The third-order valence-electron chi connectivity index (χ3n) is 5.07. The second-order valence-corrected chi connectivity index (χ2v) is 8.51. The molecule has 0 saturated carbocycles. The van der Waals surface area contributed by atoms with Crippen LogP contribution in [0.3, 0.4) is 0 Å². The molecule has 2 aliphatic heterocycles. The van der Waals surface area contributed by atoms with E-state index in [-0.39, 0.29) is 87.5 Å². The monoisotopic (exact) mass is 439 g/mol. The zero-order valence-corrected chi connectivity index (χ0v) is 18.1. The molecule has 2 heterocycles. The highest BCUT2D eigenvalue weighted by Gasteiger charge is 2.44. The van der Waals surface area contributed by atoms with Crippen molar-refractivity contribution >= 4 is 35.5 Å². The predicted octanol–water partition coefficient (Wildman–Crippen LogP) is -0.0722. The summed E-state index contributed by atoms with van der Waals surface area (Å²) in [4.78, 5) is 76.5. The molecule has 0 radical (unpaired) electrons. The van der Waals surface area contributed by atoms with Crippen LogP contribution in [0.2, 0.25) is 0 Å². The van der Waals surface area contributed by atoms with E-state index in [4.69, 9.17) is 9.57 Å². The summed E-state index contributed by atoms with van der Waals surface area (Å²) in [6.45, 7) is 6.07. The van der Waals surface area contributed by atoms with Gasteiger partial charge in [-0.25, -0.2) is 4.79 Å². The van der Waals surface area contributed by atoms with Crippen LogP contribution >= 0.6 is 0 Å². The topological polar surface area (TPSA) is 139 Å². The van der Waals surface area contributed by atoms with Crippen LogP contribution in [0.1, 0.15) is 52.9 Å². The number of hydrogen-bond acceptors (Lipinski definition) is 8. The van der Waals surface area contributed by atoms with Gasteiger partial charge in [0.05, 0.1) is 25.6 Å². The van der Waals surface area contributed by atoms with Gasteiger partial charge in [-0.15, -0.1) is 5.06 Å². The van der Waals surface area contributed by atoms with Crippen molar-refractivity contribution in [1.29, 1.82) is 0 Å². The van der Waals surface area contributed by atoms with E-state index in [1.165, 1.54) is 0 Å². The SMILES string of the molecule is CC(C)(C)C1CC(=O)N(CCC(=O)NCCOCCC(=O)ON2C(=O)CCC2=O)C1=O. The van der Waals surface area contributed by atoms with Crippen LogP contribution in [-0.2, 0) is 38.3 Å². The lowest BCUT2D eigenvalue weighted by molar-refractivity contribution is -0.198. The Morgan fingerprint density at radius 1 is 1.00 bits per heavy atom. The minimum absolute atomic E-state index is 0.00143. The Hall–Kier alpha value is -2.82. The average molecular weight is 439 g/mol. The molecule has 11 nitrogen and oxygen atoms in total. The van der Waals surface area contributed by atoms with Crippen molar-refractivity contribution in [1.82, 2.24) is 15.3 Å². The van der Waals surface area contributed by atoms with Gasteiger partial charge in [0.2, 0.25) is 17.7 Å². The van der Waals surface area contributed by atoms with E-state index in [2.05, 4.69) is 5.32 Å². The van der Waals surface area contributed by atoms with Crippen LogP contribution in [0.25, 0.3) is 0 Å². The van der Waals surface area contributed by atoms with Crippen molar-refractivity contribution in [3.05, 3.63) is 0 Å². The number of nitrogens with zero attached hydrogens (tertiary/aromatic N) is 2. The van der Waals surface area contributed by atoms with Gasteiger partial charge in [0.25, 0.3) is 11.8 Å². The zero-order valence-electron chi connectivity index (χ0n) is 18.1. The quantitative estimate of drug-likeness (QED) is 0.368. The molecule has 0 bridgehead atoms. The Labute approximate surface area is 180 Å². The summed E-state index contributed by atoms with van der Waals surface area (Å²) in [5.74, 6) is -3.05. The molecule has 1 atom stereocenters. The van der Waals surface area contributed by atoms with Gasteiger partial charge in [0.1, 0.15) is 0 Å². The molecule has 0 aliphatic carbocycles. The molecular weight excluding hydrogens is 410 g/mol. The second-order valence-electron chi connectivity index (χ2n) is 8.51. The number of nitrogens with one attached hydrogen (secondary N) is 1. The minimum Gasteiger partial charge on any atom is -0.379 e. The van der Waals surface area contributed by atoms with E-state index in [0.29, 0.717) is 5.06 Å². The maximum Gasteiger partial charge on any atom is 0.335 e. The molecule has 31 heavy (non-hydrogen) atoms. The molecule has 2 fully saturated rings. The zero-order chi connectivity index (χ0) is 23.2. The summed E-state index contributed by atoms with van der Waals surface area (Å²) in [5.41, 5.74) is -0.312. The number of amides is 5. The van der Waals surface area contributed by atoms with Gasteiger partial charge in [0, 0.05) is 38.8 Å². The van der Waals surface area contributed by atoms with Crippen molar-refractivity contribution < 1.29 is 38.3 Å². The van der Waals surface area contributed by atoms with Gasteiger partial charge in [-0.2, -0.15) is 0 Å². The van der Waals surface area contributed by atoms with Crippen molar-refractivity contribution in [2.75, 3.05) is 26.3 Å². The molecule has 11 heteroatoms. The number of likely N-dealkylation sites (tertiary alicyclic amines) is 1. The van der Waals surface area contributed by atoms with E-state index >= 15 is 0 Å². The Morgan fingerprint density at radius 2 is 1.65 bits per heavy atom. The predicted molar refractivity (Wildman–Crippen MR) is 105 cm³/mol. The molecule has 2 rings (SSSR count). The third kappa shape index (κ3) is 6.84. The van der Waals surface area contributed by atoms with E-state index in [1.807, 2.05) is 20.8 Å². The highest BCUT2D eigenvalue weighted by Crippen LogP contribution is 2.35. The van der Waals surface area contributed by atoms with Crippen LogP contribution in [0.5, 0.6) is 0 Å². The molecular formula is C20H29N3O8. The maximum absolute atomic E-state index is 12.4. The van der Waals surface area contributed by atoms with Crippen molar-refractivity contribution in [3.8, 4) is 0 Å². The van der Waals surface area contributed by atoms with E-state index in [0.717, 1.165) is 4.90 Å². The summed E-state index contributed by atoms with van der Waals surface area (Å²) in [7, 11) is 0. The van der Waals surface area contributed by atoms with Crippen LogP contribution in [0.15, 0.2) is 0 Å². The highest BCUT2D eigenvalue weighted by molar-refractivity contribution is 6.04. The molecule has 1 unspecified atom stereocenters. The lowest BCUT2D eigenvalue weighted by Gasteiger charge is -2.24. The highest BCUT2D eigenvalue weighted by atomic mass is 16.7. The fourth-order valence-corrected chi connectivity index (χ4v) is 3.22. The molecule has 0 aromatic carbocycles. The van der Waals surface area contributed by atoms with E-state index < -0.39 is 17.8 Å². The van der Waals surface area contributed by atoms with Gasteiger partial charge in [-0.05, 0) is 5.41 Å². The average Bonchev–Trinajstić information content (AvgIpc) is 3.15. The van der Waals surface area contributed by atoms with Crippen LogP contribution < -0.4 is 5.32 Å². The summed E-state index contributed by atoms with van der Waals surface area (Å²) in [5, 5.41) is 3.08. The van der Waals surface area contributed by atoms with Gasteiger partial charge < -0.3 is 14.9 Å². The van der Waals surface area contributed by atoms with Gasteiger partial charge in [0.15, 0.2) is 0 Å². The first kappa shape index (κ1) is 24.4. The van der Waals surface area contributed by atoms with Gasteiger partial charge in [-0.1, -0.05) is 20.8 Å². The fourth-order valence-electron chi connectivity index (χ4n) is 3.22. The lowest BCUT2D eigenvalue weighted by atomic mass is 9.80. The molecule has 0 aromatic rings. The number of hydrogen-bond donors (Lipinski definition) is 1. The van der Waals surface area contributed by atoms with E-state index in [1.54, 1.807) is 0 Å². The number of carbonyl (C=O) groups is 6. The summed E-state index contributed by atoms with van der Waals surface area (Å²) in [6, 6.07) is 0. The second kappa shape index (κ2) is 10.5. The number of imide groups is 2. The van der Waals surface area contributed by atoms with Crippen LogP contribution in [-0.4, -0.2) is 71.8 Å². The molecule has 2 aliphatic rings. The summed E-state index contributed by atoms with van der Waals surface area (Å²) < 4.78 is 5.21. The standard InChI is InChI=1S/C20H29N3O8/c1-20(2,3)13-12-17(27)22(19(13)29)9-6-14(24)21-8-11-30-10-7-18(28)31-23-15(25)4-5-16(23)26/h13H,4-12H2,1-3H3,(H,21,24). The van der Waals surface area contributed by atoms with Crippen LogP contribution in [0, 0.1) is 11.3 Å². The Kier molecular flexibility index (Phi) is 8.26. The smallest absolute Gasteiger partial charge is 0.335 e. The molecule has 172 valence electrons. The molecule has 0 aromatic heterocycles. The van der Waals surface area contributed by atoms with Crippen molar-refractivity contribution in [2.45, 2.75) is 52.9 Å². The largest absolute Gasteiger partial charge is 0.379 e. The molecule has 2 saturated heterocycles. The molecule has 1 N–H and O–H groups in total. The third-order valence-corrected chi connectivity index (χ3v) is 5.07. The van der Waals surface area contributed by atoms with Gasteiger partial charge in [-0.3, -0.25) is 28.9 Å². The summed E-state index contributed by atoms with van der Waals surface area (Å²) >= 11 is 0. The fraction of sp³-hybridized carbons (Fsp3) is 0.700. The first-order chi connectivity index (χ1) is 14.5. The Morgan fingerprint density at radius 3 is 2.23 bits per heavy atom. The molecule has 5 amide bonds.